The Morgan fingerprint density at radius 2 is 2.00 bits per heavy atom. The SMILES string of the molecule is Cc1[nH]c2c(F)c(O)ccc2c1C. The molecule has 0 fully saturated rings. The zero-order valence-corrected chi connectivity index (χ0v) is 7.48. The van der Waals surface area contributed by atoms with Gasteiger partial charge in [0, 0.05) is 11.1 Å². The van der Waals surface area contributed by atoms with E-state index in [9.17, 15) is 4.39 Å². The number of phenolic OH excluding ortho intramolecular Hbond substituents is 1. The van der Waals surface area contributed by atoms with E-state index in [0.717, 1.165) is 16.6 Å². The average Bonchev–Trinajstić information content (AvgIpc) is 2.38. The van der Waals surface area contributed by atoms with Crippen LogP contribution in [0.4, 0.5) is 4.39 Å². The van der Waals surface area contributed by atoms with E-state index < -0.39 is 5.82 Å². The lowest BCUT2D eigenvalue weighted by Gasteiger charge is -1.96. The van der Waals surface area contributed by atoms with Gasteiger partial charge in [0.15, 0.2) is 11.6 Å². The molecule has 0 amide bonds. The second-order valence-electron chi connectivity index (χ2n) is 3.20. The van der Waals surface area contributed by atoms with Crippen molar-refractivity contribution in [2.45, 2.75) is 13.8 Å². The summed E-state index contributed by atoms with van der Waals surface area (Å²) in [7, 11) is 0. The molecule has 3 heteroatoms. The molecule has 0 unspecified atom stereocenters. The van der Waals surface area contributed by atoms with Crippen LogP contribution in [-0.2, 0) is 0 Å². The van der Waals surface area contributed by atoms with Crippen molar-refractivity contribution in [3.05, 3.63) is 29.2 Å². The maximum absolute atomic E-state index is 13.3. The first-order chi connectivity index (χ1) is 6.11. The van der Waals surface area contributed by atoms with E-state index in [1.807, 2.05) is 13.8 Å². The quantitative estimate of drug-likeness (QED) is 0.640. The molecule has 2 aromatic rings. The molecule has 2 rings (SSSR count). The molecule has 1 aromatic carbocycles. The van der Waals surface area contributed by atoms with E-state index in [1.54, 1.807) is 6.07 Å². The molecule has 0 spiro atoms. The molecule has 0 aliphatic carbocycles. The number of aromatic nitrogens is 1. The van der Waals surface area contributed by atoms with Crippen molar-refractivity contribution in [2.75, 3.05) is 0 Å². The zero-order valence-electron chi connectivity index (χ0n) is 7.48. The minimum absolute atomic E-state index is 0.311. The smallest absolute Gasteiger partial charge is 0.188 e. The third-order valence-corrected chi connectivity index (χ3v) is 2.40. The average molecular weight is 179 g/mol. The molecule has 0 saturated heterocycles. The van der Waals surface area contributed by atoms with Gasteiger partial charge in [0.05, 0.1) is 5.52 Å². The highest BCUT2D eigenvalue weighted by Crippen LogP contribution is 2.28. The molecule has 0 bridgehead atoms. The van der Waals surface area contributed by atoms with Crippen LogP contribution in [0, 0.1) is 19.7 Å². The summed E-state index contributed by atoms with van der Waals surface area (Å²) < 4.78 is 13.3. The van der Waals surface area contributed by atoms with Gasteiger partial charge in [-0.15, -0.1) is 0 Å². The van der Waals surface area contributed by atoms with Crippen molar-refractivity contribution in [3.8, 4) is 5.75 Å². The number of halogens is 1. The fraction of sp³-hybridized carbons (Fsp3) is 0.200. The fourth-order valence-electron chi connectivity index (χ4n) is 1.48. The number of phenols is 1. The first kappa shape index (κ1) is 8.10. The van der Waals surface area contributed by atoms with E-state index >= 15 is 0 Å². The number of rotatable bonds is 0. The summed E-state index contributed by atoms with van der Waals surface area (Å²) >= 11 is 0. The topological polar surface area (TPSA) is 36.0 Å². The zero-order chi connectivity index (χ0) is 9.59. The van der Waals surface area contributed by atoms with Crippen LogP contribution in [0.15, 0.2) is 12.1 Å². The third kappa shape index (κ3) is 1.00. The molecule has 1 aromatic heterocycles. The summed E-state index contributed by atoms with van der Waals surface area (Å²) in [6.45, 7) is 3.80. The molecule has 0 atom stereocenters. The van der Waals surface area contributed by atoms with Crippen molar-refractivity contribution in [3.63, 3.8) is 0 Å². The van der Waals surface area contributed by atoms with Gasteiger partial charge < -0.3 is 10.1 Å². The maximum Gasteiger partial charge on any atom is 0.188 e. The Labute approximate surface area is 75.0 Å². The molecular formula is C10H10FNO. The fourth-order valence-corrected chi connectivity index (χ4v) is 1.48. The molecule has 68 valence electrons. The Kier molecular flexibility index (Phi) is 1.55. The molecule has 0 radical (unpaired) electrons. The van der Waals surface area contributed by atoms with Crippen LogP contribution in [0.2, 0.25) is 0 Å². The Hall–Kier alpha value is -1.51. The van der Waals surface area contributed by atoms with E-state index in [0.29, 0.717) is 5.52 Å². The molecule has 0 aliphatic rings. The van der Waals surface area contributed by atoms with Gasteiger partial charge in [-0.2, -0.15) is 0 Å². The summed E-state index contributed by atoms with van der Waals surface area (Å²) in [6, 6.07) is 3.09. The van der Waals surface area contributed by atoms with Gasteiger partial charge >= 0.3 is 0 Å². The third-order valence-electron chi connectivity index (χ3n) is 2.40. The van der Waals surface area contributed by atoms with Crippen LogP contribution in [-0.4, -0.2) is 10.1 Å². The number of aryl methyl sites for hydroxylation is 2. The van der Waals surface area contributed by atoms with E-state index in [-0.39, 0.29) is 5.75 Å². The van der Waals surface area contributed by atoms with Gasteiger partial charge in [0.2, 0.25) is 0 Å². The summed E-state index contributed by atoms with van der Waals surface area (Å²) in [5, 5.41) is 9.95. The van der Waals surface area contributed by atoms with Crippen LogP contribution in [0.3, 0.4) is 0 Å². The van der Waals surface area contributed by atoms with Crippen LogP contribution in [0.5, 0.6) is 5.75 Å². The second kappa shape index (κ2) is 2.49. The Bertz CT molecular complexity index is 473. The molecule has 13 heavy (non-hydrogen) atoms. The second-order valence-corrected chi connectivity index (χ2v) is 3.20. The van der Waals surface area contributed by atoms with Crippen LogP contribution in [0.1, 0.15) is 11.3 Å². The number of hydrogen-bond acceptors (Lipinski definition) is 1. The molecular weight excluding hydrogens is 169 g/mol. The molecule has 0 saturated carbocycles. The molecule has 1 heterocycles. The van der Waals surface area contributed by atoms with Crippen LogP contribution < -0.4 is 0 Å². The molecule has 0 aliphatic heterocycles. The van der Waals surface area contributed by atoms with E-state index in [1.165, 1.54) is 6.07 Å². The Balaban J connectivity index is 2.94. The summed E-state index contributed by atoms with van der Waals surface area (Å²) in [5.74, 6) is -0.887. The Morgan fingerprint density at radius 3 is 2.69 bits per heavy atom. The predicted octanol–water partition coefficient (Wildman–Crippen LogP) is 2.63. The minimum atomic E-state index is -0.575. The Morgan fingerprint density at radius 1 is 1.31 bits per heavy atom. The number of nitrogens with one attached hydrogen (secondary N) is 1. The summed E-state index contributed by atoms with van der Waals surface area (Å²) in [4.78, 5) is 2.90. The number of benzene rings is 1. The lowest BCUT2D eigenvalue weighted by molar-refractivity contribution is 0.435. The van der Waals surface area contributed by atoms with Crippen molar-refractivity contribution in [1.29, 1.82) is 0 Å². The first-order valence-electron chi connectivity index (χ1n) is 4.07. The first-order valence-corrected chi connectivity index (χ1v) is 4.07. The van der Waals surface area contributed by atoms with E-state index in [4.69, 9.17) is 5.11 Å². The minimum Gasteiger partial charge on any atom is -0.505 e. The highest BCUT2D eigenvalue weighted by Gasteiger charge is 2.10. The van der Waals surface area contributed by atoms with Gasteiger partial charge in [0.25, 0.3) is 0 Å². The summed E-state index contributed by atoms with van der Waals surface area (Å²) in [5.41, 5.74) is 2.34. The van der Waals surface area contributed by atoms with Gasteiger partial charge in [-0.3, -0.25) is 0 Å². The standard InChI is InChI=1S/C10H10FNO/c1-5-6(2)12-10-7(5)3-4-8(13)9(10)11/h3-4,12-13H,1-2H3. The van der Waals surface area contributed by atoms with Gasteiger partial charge in [-0.1, -0.05) is 0 Å². The van der Waals surface area contributed by atoms with Gasteiger partial charge in [-0.05, 0) is 31.5 Å². The number of H-pyrrole nitrogens is 1. The highest BCUT2D eigenvalue weighted by atomic mass is 19.1. The number of hydrogen-bond donors (Lipinski definition) is 2. The maximum atomic E-state index is 13.3. The van der Waals surface area contributed by atoms with Crippen molar-refractivity contribution >= 4 is 10.9 Å². The number of aromatic amines is 1. The predicted molar refractivity (Wildman–Crippen MR) is 49.4 cm³/mol. The van der Waals surface area contributed by atoms with Crippen LogP contribution >= 0.6 is 0 Å². The molecule has 2 nitrogen and oxygen atoms in total. The highest BCUT2D eigenvalue weighted by molar-refractivity contribution is 5.86. The van der Waals surface area contributed by atoms with Crippen molar-refractivity contribution in [2.24, 2.45) is 0 Å². The largest absolute Gasteiger partial charge is 0.505 e. The van der Waals surface area contributed by atoms with Crippen LogP contribution in [0.25, 0.3) is 10.9 Å². The lowest BCUT2D eigenvalue weighted by Crippen LogP contribution is -1.78. The normalized spacial score (nSPS) is 11.0. The van der Waals surface area contributed by atoms with Gasteiger partial charge in [0.1, 0.15) is 0 Å². The summed E-state index contributed by atoms with van der Waals surface area (Å²) in [6.07, 6.45) is 0. The van der Waals surface area contributed by atoms with E-state index in [2.05, 4.69) is 4.98 Å². The van der Waals surface area contributed by atoms with Gasteiger partial charge in [-0.25, -0.2) is 4.39 Å². The van der Waals surface area contributed by atoms with Crippen molar-refractivity contribution < 1.29 is 9.50 Å². The number of aromatic hydroxyl groups is 1. The molecule has 2 N–H and O–H groups in total. The number of fused-ring (bicyclic) bond motifs is 1. The monoisotopic (exact) mass is 179 g/mol. The lowest BCUT2D eigenvalue weighted by atomic mass is 10.1. The van der Waals surface area contributed by atoms with Crippen molar-refractivity contribution in [1.82, 2.24) is 4.98 Å².